The van der Waals surface area contributed by atoms with Gasteiger partial charge in [0.1, 0.15) is 0 Å². The summed E-state index contributed by atoms with van der Waals surface area (Å²) in [5.74, 6) is -1.56. The Bertz CT molecular complexity index is 495. The van der Waals surface area contributed by atoms with E-state index in [1.165, 1.54) is 17.2 Å². The molecule has 1 heterocycles. The molecule has 0 aliphatic heterocycles. The number of nitrogens with zero attached hydrogens (tertiary/aromatic N) is 1. The lowest BCUT2D eigenvalue weighted by Gasteiger charge is -2.18. The van der Waals surface area contributed by atoms with Crippen molar-refractivity contribution < 1.29 is 23.5 Å². The lowest BCUT2D eigenvalue weighted by atomic mass is 10.4. The van der Waals surface area contributed by atoms with Crippen LogP contribution in [0, 0.1) is 0 Å². The molecule has 1 rings (SSSR count). The van der Waals surface area contributed by atoms with Crippen LogP contribution in [0.3, 0.4) is 0 Å². The van der Waals surface area contributed by atoms with Crippen LogP contribution in [-0.2, 0) is 14.3 Å². The molecule has 0 saturated carbocycles. The molecule has 0 spiro atoms. The van der Waals surface area contributed by atoms with Crippen LogP contribution in [0.4, 0.5) is 0 Å². The monoisotopic (exact) mass is 294 g/mol. The summed E-state index contributed by atoms with van der Waals surface area (Å²) in [5.41, 5.74) is 0. The van der Waals surface area contributed by atoms with E-state index in [0.717, 1.165) is 0 Å². The summed E-state index contributed by atoms with van der Waals surface area (Å²) in [6, 6.07) is 2.99. The quantitative estimate of drug-likeness (QED) is 0.557. The molecule has 1 N–H and O–H groups in total. The van der Waals surface area contributed by atoms with Crippen molar-refractivity contribution in [3.8, 4) is 0 Å². The smallest absolute Gasteiger partial charge is 0.320 e. The Labute approximate surface area is 122 Å². The second-order valence-electron chi connectivity index (χ2n) is 4.12. The molecule has 0 aliphatic rings. The third kappa shape index (κ3) is 6.05. The number of hydrogen-bond donors (Lipinski definition) is 1. The number of amides is 2. The molecule has 1 aromatic heterocycles. The SMILES string of the molecule is C=CCN(CC(=O)NC(=O)c1ccco1)CC(=O)OCC. The number of rotatable bonds is 8. The van der Waals surface area contributed by atoms with Crippen LogP contribution in [0.25, 0.3) is 0 Å². The number of imide groups is 1. The van der Waals surface area contributed by atoms with E-state index in [1.54, 1.807) is 19.1 Å². The van der Waals surface area contributed by atoms with E-state index in [2.05, 4.69) is 11.9 Å². The van der Waals surface area contributed by atoms with Gasteiger partial charge in [0.2, 0.25) is 5.91 Å². The van der Waals surface area contributed by atoms with Gasteiger partial charge in [0.25, 0.3) is 5.91 Å². The Hall–Kier alpha value is -2.41. The van der Waals surface area contributed by atoms with E-state index in [0.29, 0.717) is 6.54 Å². The Morgan fingerprint density at radius 1 is 1.43 bits per heavy atom. The molecular formula is C14H18N2O5. The molecule has 21 heavy (non-hydrogen) atoms. The molecule has 114 valence electrons. The molecule has 0 unspecified atom stereocenters. The third-order valence-corrected chi connectivity index (χ3v) is 2.41. The number of carbonyl (C=O) groups excluding carboxylic acids is 3. The van der Waals surface area contributed by atoms with Crippen LogP contribution in [0.1, 0.15) is 17.5 Å². The van der Waals surface area contributed by atoms with Gasteiger partial charge in [-0.3, -0.25) is 24.6 Å². The van der Waals surface area contributed by atoms with Gasteiger partial charge in [0, 0.05) is 6.54 Å². The highest BCUT2D eigenvalue weighted by Crippen LogP contribution is 1.99. The van der Waals surface area contributed by atoms with Crippen molar-refractivity contribution in [3.63, 3.8) is 0 Å². The van der Waals surface area contributed by atoms with Crippen LogP contribution in [0.15, 0.2) is 35.5 Å². The van der Waals surface area contributed by atoms with Crippen molar-refractivity contribution in [2.24, 2.45) is 0 Å². The molecule has 0 aromatic carbocycles. The summed E-state index contributed by atoms with van der Waals surface area (Å²) in [7, 11) is 0. The molecular weight excluding hydrogens is 276 g/mol. The fourth-order valence-corrected chi connectivity index (χ4v) is 1.60. The standard InChI is InChI=1S/C14H18N2O5/c1-3-7-16(10-13(18)20-4-2)9-12(17)15-14(19)11-6-5-8-21-11/h3,5-6,8H,1,4,7,9-10H2,2H3,(H,15,17,19). The second kappa shape index (κ2) is 8.70. The van der Waals surface area contributed by atoms with Crippen LogP contribution in [-0.4, -0.2) is 48.9 Å². The maximum atomic E-state index is 11.8. The van der Waals surface area contributed by atoms with Gasteiger partial charge in [-0.15, -0.1) is 6.58 Å². The number of carbonyl (C=O) groups is 3. The van der Waals surface area contributed by atoms with Gasteiger partial charge in [-0.25, -0.2) is 0 Å². The lowest BCUT2D eigenvalue weighted by Crippen LogP contribution is -2.42. The first-order valence-corrected chi connectivity index (χ1v) is 6.43. The predicted molar refractivity (Wildman–Crippen MR) is 74.5 cm³/mol. The van der Waals surface area contributed by atoms with E-state index < -0.39 is 17.8 Å². The molecule has 0 atom stereocenters. The van der Waals surface area contributed by atoms with Crippen LogP contribution >= 0.6 is 0 Å². The minimum Gasteiger partial charge on any atom is -0.465 e. The second-order valence-corrected chi connectivity index (χ2v) is 4.12. The molecule has 0 aliphatic carbocycles. The van der Waals surface area contributed by atoms with Crippen molar-refractivity contribution in [1.29, 1.82) is 0 Å². The molecule has 7 nitrogen and oxygen atoms in total. The van der Waals surface area contributed by atoms with E-state index >= 15 is 0 Å². The third-order valence-electron chi connectivity index (χ3n) is 2.41. The zero-order valence-electron chi connectivity index (χ0n) is 11.8. The van der Waals surface area contributed by atoms with Crippen molar-refractivity contribution >= 4 is 17.8 Å². The topological polar surface area (TPSA) is 88.9 Å². The highest BCUT2D eigenvalue weighted by Gasteiger charge is 2.17. The minimum absolute atomic E-state index is 0.0454. The lowest BCUT2D eigenvalue weighted by molar-refractivity contribution is -0.144. The van der Waals surface area contributed by atoms with E-state index in [9.17, 15) is 14.4 Å². The summed E-state index contributed by atoms with van der Waals surface area (Å²) >= 11 is 0. The molecule has 0 fully saturated rings. The van der Waals surface area contributed by atoms with Crippen LogP contribution in [0.5, 0.6) is 0 Å². The molecule has 0 saturated heterocycles. The van der Waals surface area contributed by atoms with Gasteiger partial charge in [-0.1, -0.05) is 6.08 Å². The fourth-order valence-electron chi connectivity index (χ4n) is 1.60. The van der Waals surface area contributed by atoms with E-state index in [4.69, 9.17) is 9.15 Å². The van der Waals surface area contributed by atoms with Crippen LogP contribution < -0.4 is 5.32 Å². The van der Waals surface area contributed by atoms with Gasteiger partial charge in [0.15, 0.2) is 5.76 Å². The zero-order chi connectivity index (χ0) is 15.7. The van der Waals surface area contributed by atoms with Gasteiger partial charge < -0.3 is 9.15 Å². The van der Waals surface area contributed by atoms with Gasteiger partial charge in [0.05, 0.1) is 26.0 Å². The Kier molecular flexibility index (Phi) is 6.90. The Balaban J connectivity index is 2.50. The average Bonchev–Trinajstić information content (AvgIpc) is 2.92. The first kappa shape index (κ1) is 16.6. The molecule has 7 heteroatoms. The summed E-state index contributed by atoms with van der Waals surface area (Å²) in [6.45, 7) is 5.66. The highest BCUT2D eigenvalue weighted by atomic mass is 16.5. The Morgan fingerprint density at radius 2 is 2.19 bits per heavy atom. The van der Waals surface area contributed by atoms with Crippen molar-refractivity contribution in [2.75, 3.05) is 26.2 Å². The number of esters is 1. The average molecular weight is 294 g/mol. The van der Waals surface area contributed by atoms with Gasteiger partial charge >= 0.3 is 5.97 Å². The van der Waals surface area contributed by atoms with Crippen molar-refractivity contribution in [3.05, 3.63) is 36.8 Å². The fraction of sp³-hybridized carbons (Fsp3) is 0.357. The Morgan fingerprint density at radius 3 is 2.76 bits per heavy atom. The number of furan rings is 1. The molecule has 2 amide bonds. The highest BCUT2D eigenvalue weighted by molar-refractivity contribution is 6.03. The molecule has 1 aromatic rings. The number of nitrogens with one attached hydrogen (secondary N) is 1. The van der Waals surface area contributed by atoms with E-state index in [1.807, 2.05) is 0 Å². The largest absolute Gasteiger partial charge is 0.465 e. The van der Waals surface area contributed by atoms with Crippen LogP contribution in [0.2, 0.25) is 0 Å². The zero-order valence-corrected chi connectivity index (χ0v) is 11.8. The first-order valence-electron chi connectivity index (χ1n) is 6.43. The number of ether oxygens (including phenoxy) is 1. The maximum Gasteiger partial charge on any atom is 0.320 e. The van der Waals surface area contributed by atoms with E-state index in [-0.39, 0.29) is 25.5 Å². The molecule has 0 bridgehead atoms. The molecule has 0 radical (unpaired) electrons. The minimum atomic E-state index is -0.625. The number of hydrogen-bond acceptors (Lipinski definition) is 6. The summed E-state index contributed by atoms with van der Waals surface area (Å²) in [4.78, 5) is 36.3. The predicted octanol–water partition coefficient (Wildman–Crippen LogP) is 0.587. The summed E-state index contributed by atoms with van der Waals surface area (Å²) in [5, 5.41) is 2.18. The van der Waals surface area contributed by atoms with Crippen molar-refractivity contribution in [1.82, 2.24) is 10.2 Å². The normalized spacial score (nSPS) is 10.2. The van der Waals surface area contributed by atoms with Gasteiger partial charge in [-0.2, -0.15) is 0 Å². The summed E-state index contributed by atoms with van der Waals surface area (Å²) in [6.07, 6.45) is 2.89. The summed E-state index contributed by atoms with van der Waals surface area (Å²) < 4.78 is 9.69. The maximum absolute atomic E-state index is 11.8. The van der Waals surface area contributed by atoms with Gasteiger partial charge in [-0.05, 0) is 19.1 Å². The van der Waals surface area contributed by atoms with Crippen molar-refractivity contribution in [2.45, 2.75) is 6.92 Å². The first-order chi connectivity index (χ1) is 10.1.